The van der Waals surface area contributed by atoms with Gasteiger partial charge in [-0.15, -0.1) is 0 Å². The van der Waals surface area contributed by atoms with Crippen LogP contribution >= 0.6 is 0 Å². The first-order chi connectivity index (χ1) is 8.13. The summed E-state index contributed by atoms with van der Waals surface area (Å²) in [5, 5.41) is 12.0. The van der Waals surface area contributed by atoms with Crippen LogP contribution in [0.25, 0.3) is 0 Å². The fraction of sp³-hybridized carbons (Fsp3) is 0.923. The largest absolute Gasteiger partial charge is 0.394 e. The predicted molar refractivity (Wildman–Crippen MR) is 66.7 cm³/mol. The average Bonchev–Trinajstić information content (AvgIpc) is 2.34. The average molecular weight is 243 g/mol. The van der Waals surface area contributed by atoms with Crippen LogP contribution in [0.1, 0.15) is 46.0 Å². The Labute approximate surface area is 104 Å². The number of hydrogen-bond acceptors (Lipinski definition) is 3. The van der Waals surface area contributed by atoms with E-state index in [1.54, 1.807) is 0 Å². The highest BCUT2D eigenvalue weighted by atomic mass is 16.5. The first kappa shape index (κ1) is 14.5. The SMILES string of the molecule is CC(C)[C@@H](CO)NC(=O)CCC1CCCCO1. The van der Waals surface area contributed by atoms with Crippen LogP contribution < -0.4 is 5.32 Å². The first-order valence-electron chi connectivity index (χ1n) is 6.65. The number of carbonyl (C=O) groups is 1. The number of aliphatic hydroxyl groups excluding tert-OH is 1. The maximum absolute atomic E-state index is 11.7. The molecule has 2 N–H and O–H groups in total. The molecule has 1 amide bonds. The molecule has 0 spiro atoms. The van der Waals surface area contributed by atoms with Crippen molar-refractivity contribution in [2.45, 2.75) is 58.1 Å². The molecule has 0 bridgehead atoms. The van der Waals surface area contributed by atoms with Crippen LogP contribution in [0.2, 0.25) is 0 Å². The standard InChI is InChI=1S/C13H25NO3/c1-10(2)12(9-15)14-13(16)7-6-11-5-3-4-8-17-11/h10-12,15H,3-9H2,1-2H3,(H,14,16)/t11?,12-/m1/s1. The molecule has 1 heterocycles. The molecule has 1 saturated heterocycles. The van der Waals surface area contributed by atoms with E-state index in [0.717, 1.165) is 25.9 Å². The van der Waals surface area contributed by atoms with Crippen LogP contribution in [-0.2, 0) is 9.53 Å². The molecule has 1 aliphatic rings. The second-order valence-electron chi connectivity index (χ2n) is 5.13. The normalized spacial score (nSPS) is 22.5. The van der Waals surface area contributed by atoms with Crippen molar-refractivity contribution in [1.29, 1.82) is 0 Å². The summed E-state index contributed by atoms with van der Waals surface area (Å²) in [6, 6.07) is -0.130. The summed E-state index contributed by atoms with van der Waals surface area (Å²) in [6.07, 6.45) is 4.96. The van der Waals surface area contributed by atoms with Gasteiger partial charge in [-0.1, -0.05) is 13.8 Å². The Morgan fingerprint density at radius 3 is 2.76 bits per heavy atom. The Kier molecular flexibility index (Phi) is 6.52. The first-order valence-corrected chi connectivity index (χ1v) is 6.65. The van der Waals surface area contributed by atoms with E-state index in [1.165, 1.54) is 6.42 Å². The Balaban J connectivity index is 2.19. The van der Waals surface area contributed by atoms with Gasteiger partial charge in [0.05, 0.1) is 18.8 Å². The van der Waals surface area contributed by atoms with Gasteiger partial charge in [0.25, 0.3) is 0 Å². The van der Waals surface area contributed by atoms with Gasteiger partial charge >= 0.3 is 0 Å². The lowest BCUT2D eigenvalue weighted by Gasteiger charge is -2.23. The topological polar surface area (TPSA) is 58.6 Å². The lowest BCUT2D eigenvalue weighted by Crippen LogP contribution is -2.41. The summed E-state index contributed by atoms with van der Waals surface area (Å²) in [5.41, 5.74) is 0. The fourth-order valence-electron chi connectivity index (χ4n) is 2.03. The van der Waals surface area contributed by atoms with E-state index in [-0.39, 0.29) is 30.6 Å². The zero-order chi connectivity index (χ0) is 12.7. The van der Waals surface area contributed by atoms with E-state index >= 15 is 0 Å². The van der Waals surface area contributed by atoms with E-state index < -0.39 is 0 Å². The van der Waals surface area contributed by atoms with Crippen LogP contribution in [0.15, 0.2) is 0 Å². The molecule has 0 aliphatic carbocycles. The third-order valence-electron chi connectivity index (χ3n) is 3.32. The van der Waals surface area contributed by atoms with Crippen LogP contribution in [0, 0.1) is 5.92 Å². The van der Waals surface area contributed by atoms with E-state index in [2.05, 4.69) is 5.32 Å². The molecule has 1 aliphatic heterocycles. The third kappa shape index (κ3) is 5.50. The van der Waals surface area contributed by atoms with Gasteiger partial charge in [0, 0.05) is 13.0 Å². The molecule has 1 rings (SSSR count). The van der Waals surface area contributed by atoms with Crippen LogP contribution in [0.3, 0.4) is 0 Å². The fourth-order valence-corrected chi connectivity index (χ4v) is 2.03. The van der Waals surface area contributed by atoms with Crippen LogP contribution in [0.4, 0.5) is 0 Å². The van der Waals surface area contributed by atoms with Crippen molar-refractivity contribution in [2.24, 2.45) is 5.92 Å². The number of hydrogen-bond donors (Lipinski definition) is 2. The van der Waals surface area contributed by atoms with Crippen molar-refractivity contribution in [3.63, 3.8) is 0 Å². The lowest BCUT2D eigenvalue weighted by atomic mass is 10.0. The minimum atomic E-state index is -0.130. The molecule has 4 nitrogen and oxygen atoms in total. The van der Waals surface area contributed by atoms with Crippen molar-refractivity contribution >= 4 is 5.91 Å². The summed E-state index contributed by atoms with van der Waals surface area (Å²) in [7, 11) is 0. The lowest BCUT2D eigenvalue weighted by molar-refractivity contribution is -0.123. The van der Waals surface area contributed by atoms with Gasteiger partial charge in [-0.25, -0.2) is 0 Å². The molecule has 4 heteroatoms. The van der Waals surface area contributed by atoms with Gasteiger partial charge < -0.3 is 15.2 Å². The highest BCUT2D eigenvalue weighted by Gasteiger charge is 2.18. The maximum Gasteiger partial charge on any atom is 0.220 e. The van der Waals surface area contributed by atoms with Crippen molar-refractivity contribution in [1.82, 2.24) is 5.32 Å². The number of rotatable bonds is 6. The smallest absolute Gasteiger partial charge is 0.220 e. The molecular weight excluding hydrogens is 218 g/mol. The molecule has 0 radical (unpaired) electrons. The molecule has 100 valence electrons. The molecule has 0 aromatic heterocycles. The van der Waals surface area contributed by atoms with Crippen molar-refractivity contribution in [2.75, 3.05) is 13.2 Å². The minimum Gasteiger partial charge on any atom is -0.394 e. The predicted octanol–water partition coefficient (Wildman–Crippen LogP) is 1.47. The highest BCUT2D eigenvalue weighted by molar-refractivity contribution is 5.76. The van der Waals surface area contributed by atoms with E-state index in [1.807, 2.05) is 13.8 Å². The number of ether oxygens (including phenoxy) is 1. The van der Waals surface area contributed by atoms with Gasteiger partial charge in [-0.05, 0) is 31.6 Å². The number of carbonyl (C=O) groups excluding carboxylic acids is 1. The summed E-state index contributed by atoms with van der Waals surface area (Å²) in [4.78, 5) is 11.7. The Morgan fingerprint density at radius 1 is 1.47 bits per heavy atom. The monoisotopic (exact) mass is 243 g/mol. The molecule has 17 heavy (non-hydrogen) atoms. The summed E-state index contributed by atoms with van der Waals surface area (Å²) >= 11 is 0. The molecule has 1 fully saturated rings. The Hall–Kier alpha value is -0.610. The van der Waals surface area contributed by atoms with Crippen molar-refractivity contribution in [3.8, 4) is 0 Å². The molecule has 1 unspecified atom stereocenters. The molecule has 0 saturated carbocycles. The Morgan fingerprint density at radius 2 is 2.24 bits per heavy atom. The summed E-state index contributed by atoms with van der Waals surface area (Å²) in [5.74, 6) is 0.279. The Bertz CT molecular complexity index is 225. The summed E-state index contributed by atoms with van der Waals surface area (Å²) in [6.45, 7) is 4.82. The van der Waals surface area contributed by atoms with Gasteiger partial charge in [0.15, 0.2) is 0 Å². The van der Waals surface area contributed by atoms with Gasteiger partial charge in [-0.3, -0.25) is 4.79 Å². The quantitative estimate of drug-likeness (QED) is 0.742. The van der Waals surface area contributed by atoms with Gasteiger partial charge in [0.2, 0.25) is 5.91 Å². The van der Waals surface area contributed by atoms with Crippen molar-refractivity contribution in [3.05, 3.63) is 0 Å². The minimum absolute atomic E-state index is 0.00331. The second kappa shape index (κ2) is 7.67. The highest BCUT2D eigenvalue weighted by Crippen LogP contribution is 2.16. The second-order valence-corrected chi connectivity index (χ2v) is 5.13. The van der Waals surface area contributed by atoms with Gasteiger partial charge in [0.1, 0.15) is 0 Å². The zero-order valence-corrected chi connectivity index (χ0v) is 10.9. The third-order valence-corrected chi connectivity index (χ3v) is 3.32. The summed E-state index contributed by atoms with van der Waals surface area (Å²) < 4.78 is 5.58. The van der Waals surface area contributed by atoms with Crippen LogP contribution in [-0.4, -0.2) is 36.4 Å². The van der Waals surface area contributed by atoms with E-state index in [0.29, 0.717) is 6.42 Å². The number of amides is 1. The van der Waals surface area contributed by atoms with E-state index in [4.69, 9.17) is 9.84 Å². The molecule has 0 aromatic carbocycles. The van der Waals surface area contributed by atoms with Crippen molar-refractivity contribution < 1.29 is 14.6 Å². The molecule has 0 aromatic rings. The van der Waals surface area contributed by atoms with Crippen LogP contribution in [0.5, 0.6) is 0 Å². The number of aliphatic hydroxyl groups is 1. The zero-order valence-electron chi connectivity index (χ0n) is 10.9. The molecule has 2 atom stereocenters. The van der Waals surface area contributed by atoms with E-state index in [9.17, 15) is 4.79 Å². The number of nitrogens with one attached hydrogen (secondary N) is 1. The molecular formula is C13H25NO3. The maximum atomic E-state index is 11.7. The van der Waals surface area contributed by atoms with Gasteiger partial charge in [-0.2, -0.15) is 0 Å².